The Hall–Kier alpha value is -1.13. The topological polar surface area (TPSA) is 48.9 Å². The molecule has 1 heterocycles. The maximum Gasteiger partial charge on any atom is 0.232 e. The lowest BCUT2D eigenvalue weighted by Gasteiger charge is -2.02. The molecule has 0 fully saturated rings. The number of aromatic nitrogens is 2. The van der Waals surface area contributed by atoms with Crippen molar-refractivity contribution in [2.75, 3.05) is 0 Å². The highest BCUT2D eigenvalue weighted by Crippen LogP contribution is 2.30. The zero-order valence-corrected chi connectivity index (χ0v) is 11.8. The average molecular weight is 283 g/mol. The van der Waals surface area contributed by atoms with Crippen molar-refractivity contribution in [2.45, 2.75) is 30.4 Å². The predicted octanol–water partition coefficient (Wildman–Crippen LogP) is 4.18. The van der Waals surface area contributed by atoms with Crippen LogP contribution in [0.4, 0.5) is 0 Å². The second-order valence-electron chi connectivity index (χ2n) is 4.29. The van der Waals surface area contributed by atoms with Crippen LogP contribution in [0, 0.1) is 0 Å². The Kier molecular flexibility index (Phi) is 4.19. The number of nitrogens with one attached hydrogen (secondary N) is 1. The summed E-state index contributed by atoms with van der Waals surface area (Å²) in [6, 6.07) is 7.69. The van der Waals surface area contributed by atoms with Crippen molar-refractivity contribution in [2.24, 2.45) is 0 Å². The van der Waals surface area contributed by atoms with Crippen LogP contribution in [0.3, 0.4) is 0 Å². The molecular weight excluding hydrogens is 268 g/mol. The molecule has 5 heteroatoms. The van der Waals surface area contributed by atoms with Crippen LogP contribution in [0.15, 0.2) is 29.2 Å². The van der Waals surface area contributed by atoms with Crippen LogP contribution in [-0.4, -0.2) is 15.1 Å². The molecule has 0 amide bonds. The standard InChI is InChI=1S/C13H15ClN2OS/c1-8(2)12-13(17)16-11(15-12)7-18-10-6-4-3-5-9(10)14/h3-6,8,17H,7H2,1-2H3,(H,15,16). The third kappa shape index (κ3) is 3.00. The van der Waals surface area contributed by atoms with Crippen molar-refractivity contribution in [3.8, 4) is 5.88 Å². The van der Waals surface area contributed by atoms with Crippen LogP contribution >= 0.6 is 23.4 Å². The van der Waals surface area contributed by atoms with E-state index >= 15 is 0 Å². The van der Waals surface area contributed by atoms with Gasteiger partial charge in [-0.05, 0) is 18.1 Å². The highest BCUT2D eigenvalue weighted by Gasteiger charge is 2.12. The number of H-pyrrole nitrogens is 1. The van der Waals surface area contributed by atoms with Gasteiger partial charge in [0.25, 0.3) is 0 Å². The third-order valence-electron chi connectivity index (χ3n) is 2.54. The molecule has 0 radical (unpaired) electrons. The monoisotopic (exact) mass is 282 g/mol. The maximum atomic E-state index is 9.68. The van der Waals surface area contributed by atoms with Crippen LogP contribution in [0.5, 0.6) is 5.88 Å². The molecule has 96 valence electrons. The minimum absolute atomic E-state index is 0.0970. The number of aromatic amines is 1. The first-order valence-electron chi connectivity index (χ1n) is 5.73. The molecule has 0 aliphatic heterocycles. The van der Waals surface area contributed by atoms with Crippen LogP contribution in [0.1, 0.15) is 31.3 Å². The Bertz CT molecular complexity index is 540. The minimum atomic E-state index is 0.0970. The lowest BCUT2D eigenvalue weighted by molar-refractivity contribution is 0.445. The number of hydrogen-bond acceptors (Lipinski definition) is 3. The fraction of sp³-hybridized carbons (Fsp3) is 0.308. The second kappa shape index (κ2) is 5.67. The van der Waals surface area contributed by atoms with E-state index in [1.165, 1.54) is 0 Å². The molecular formula is C13H15ClN2OS. The molecule has 18 heavy (non-hydrogen) atoms. The number of hydrogen-bond donors (Lipinski definition) is 2. The van der Waals surface area contributed by atoms with E-state index in [0.29, 0.717) is 5.75 Å². The summed E-state index contributed by atoms with van der Waals surface area (Å²) in [4.78, 5) is 8.27. The molecule has 0 unspecified atom stereocenters. The largest absolute Gasteiger partial charge is 0.492 e. The Labute approximate surface area is 116 Å². The van der Waals surface area contributed by atoms with Gasteiger partial charge in [-0.25, -0.2) is 0 Å². The molecule has 0 spiro atoms. The van der Waals surface area contributed by atoms with Gasteiger partial charge in [-0.15, -0.1) is 11.8 Å². The molecule has 1 aromatic carbocycles. The van der Waals surface area contributed by atoms with Crippen molar-refractivity contribution < 1.29 is 5.11 Å². The summed E-state index contributed by atoms with van der Waals surface area (Å²) in [6.07, 6.45) is 0. The summed E-state index contributed by atoms with van der Waals surface area (Å²) in [5, 5.41) is 10.4. The molecule has 0 bridgehead atoms. The highest BCUT2D eigenvalue weighted by molar-refractivity contribution is 7.98. The maximum absolute atomic E-state index is 9.68. The quantitative estimate of drug-likeness (QED) is 0.827. The molecule has 3 nitrogen and oxygen atoms in total. The predicted molar refractivity (Wildman–Crippen MR) is 75.4 cm³/mol. The number of halogens is 1. The van der Waals surface area contributed by atoms with Crippen LogP contribution in [0.25, 0.3) is 0 Å². The van der Waals surface area contributed by atoms with E-state index in [2.05, 4.69) is 9.97 Å². The Morgan fingerprint density at radius 3 is 2.72 bits per heavy atom. The molecule has 0 saturated heterocycles. The summed E-state index contributed by atoms with van der Waals surface area (Å²) in [5.41, 5.74) is 0.782. The summed E-state index contributed by atoms with van der Waals surface area (Å²) < 4.78 is 0. The average Bonchev–Trinajstić information content (AvgIpc) is 2.70. The number of imidazole rings is 1. The van der Waals surface area contributed by atoms with E-state index in [9.17, 15) is 5.11 Å². The molecule has 0 aliphatic rings. The van der Waals surface area contributed by atoms with E-state index in [0.717, 1.165) is 21.4 Å². The first-order chi connectivity index (χ1) is 8.58. The first-order valence-corrected chi connectivity index (χ1v) is 7.09. The zero-order valence-electron chi connectivity index (χ0n) is 10.3. The summed E-state index contributed by atoms with van der Waals surface area (Å²) >= 11 is 7.67. The van der Waals surface area contributed by atoms with Gasteiger partial charge < -0.3 is 10.1 Å². The highest BCUT2D eigenvalue weighted by atomic mass is 35.5. The Morgan fingerprint density at radius 1 is 1.39 bits per heavy atom. The van der Waals surface area contributed by atoms with Gasteiger partial charge in [0.05, 0.1) is 16.5 Å². The Morgan fingerprint density at radius 2 is 2.11 bits per heavy atom. The molecule has 2 aromatic rings. The van der Waals surface area contributed by atoms with E-state index in [4.69, 9.17) is 11.6 Å². The van der Waals surface area contributed by atoms with Gasteiger partial charge in [-0.2, -0.15) is 4.98 Å². The lowest BCUT2D eigenvalue weighted by Crippen LogP contribution is -1.89. The van der Waals surface area contributed by atoms with Gasteiger partial charge in [0.2, 0.25) is 5.88 Å². The van der Waals surface area contributed by atoms with Crippen molar-refractivity contribution >= 4 is 23.4 Å². The number of thioether (sulfide) groups is 1. The fourth-order valence-electron chi connectivity index (χ4n) is 1.61. The number of nitrogens with zero attached hydrogens (tertiary/aromatic N) is 1. The van der Waals surface area contributed by atoms with Gasteiger partial charge in [0.15, 0.2) is 0 Å². The normalized spacial score (nSPS) is 11.1. The summed E-state index contributed by atoms with van der Waals surface area (Å²) in [7, 11) is 0. The third-order valence-corrected chi connectivity index (χ3v) is 4.07. The van der Waals surface area contributed by atoms with Gasteiger partial charge in [-0.3, -0.25) is 0 Å². The van der Waals surface area contributed by atoms with E-state index < -0.39 is 0 Å². The van der Waals surface area contributed by atoms with Crippen LogP contribution < -0.4 is 0 Å². The molecule has 0 atom stereocenters. The zero-order chi connectivity index (χ0) is 13.1. The molecule has 1 aromatic heterocycles. The first kappa shape index (κ1) is 13.3. The SMILES string of the molecule is CC(C)c1[nH]c(CSc2ccccc2Cl)nc1O. The van der Waals surface area contributed by atoms with Crippen LogP contribution in [-0.2, 0) is 5.75 Å². The number of benzene rings is 1. The van der Waals surface area contributed by atoms with E-state index in [1.807, 2.05) is 38.1 Å². The smallest absolute Gasteiger partial charge is 0.232 e. The second-order valence-corrected chi connectivity index (χ2v) is 5.72. The molecule has 0 saturated carbocycles. The van der Waals surface area contributed by atoms with Gasteiger partial charge in [0.1, 0.15) is 5.82 Å². The molecule has 0 aliphatic carbocycles. The van der Waals surface area contributed by atoms with E-state index in [1.54, 1.807) is 11.8 Å². The van der Waals surface area contributed by atoms with Crippen molar-refractivity contribution in [1.82, 2.24) is 9.97 Å². The minimum Gasteiger partial charge on any atom is -0.492 e. The van der Waals surface area contributed by atoms with Gasteiger partial charge in [-0.1, -0.05) is 37.6 Å². The number of aromatic hydroxyl groups is 1. The summed E-state index contributed by atoms with van der Waals surface area (Å²) in [6.45, 7) is 4.02. The fourth-order valence-corrected chi connectivity index (χ4v) is 2.72. The molecule has 2 N–H and O–H groups in total. The number of rotatable bonds is 4. The lowest BCUT2D eigenvalue weighted by atomic mass is 10.1. The van der Waals surface area contributed by atoms with Crippen molar-refractivity contribution in [3.63, 3.8) is 0 Å². The Balaban J connectivity index is 2.07. The molecule has 2 rings (SSSR count). The summed E-state index contributed by atoms with van der Waals surface area (Å²) in [5.74, 6) is 1.75. The van der Waals surface area contributed by atoms with Crippen molar-refractivity contribution in [1.29, 1.82) is 0 Å². The van der Waals surface area contributed by atoms with Crippen LogP contribution in [0.2, 0.25) is 5.02 Å². The van der Waals surface area contributed by atoms with Crippen molar-refractivity contribution in [3.05, 3.63) is 40.8 Å². The van der Waals surface area contributed by atoms with Gasteiger partial charge >= 0.3 is 0 Å². The van der Waals surface area contributed by atoms with E-state index in [-0.39, 0.29) is 11.8 Å². The van der Waals surface area contributed by atoms with Gasteiger partial charge in [0, 0.05) is 4.90 Å².